The number of carbonyl (C=O) groups is 2. The number of fused-ring (bicyclic) bond motifs is 7. The van der Waals surface area contributed by atoms with E-state index in [9.17, 15) is 81.1 Å². The summed E-state index contributed by atoms with van der Waals surface area (Å²) in [5.41, 5.74) is -2.94. The molecule has 0 amide bonds. The first-order chi connectivity index (χ1) is 36.0. The van der Waals surface area contributed by atoms with Gasteiger partial charge < -0.3 is 109 Å². The SMILES string of the molecule is C[C@@H]1O[C@@H](O[C@H]2[C@H](O[C@H]3[C@H](O[C@H]4CC[C@@]5(C)[C@@H](CC[C@]6(C)[C@@H]5CC=C5[C@@H]7C[C@](C)(C(=O)O[C@@H]8O[C@H](CO)[C@@H](O)[C@H](O)[C@H]8O)C[C@@H](O)[C@]7(C)CC[C@]56C)[C@@]4(C)CO)O[C@H](C(=O)O)[C@@H](O)[C@@H]3O)OC[C@@H](O)[C@@H]2O)[C@H](O)[C@H](O)[C@H]1O. The van der Waals surface area contributed by atoms with E-state index in [1.54, 1.807) is 6.92 Å². The lowest BCUT2D eigenvalue weighted by molar-refractivity contribution is -0.387. The van der Waals surface area contributed by atoms with Crippen LogP contribution in [0.5, 0.6) is 0 Å². The van der Waals surface area contributed by atoms with Crippen molar-refractivity contribution in [2.24, 2.45) is 50.2 Å². The van der Waals surface area contributed by atoms with Gasteiger partial charge in [0.15, 0.2) is 25.0 Å². The van der Waals surface area contributed by atoms with Crippen molar-refractivity contribution in [3.63, 3.8) is 0 Å². The Hall–Kier alpha value is -2.12. The highest BCUT2D eigenvalue weighted by Gasteiger charge is 2.70. The van der Waals surface area contributed by atoms with Crippen molar-refractivity contribution in [1.29, 1.82) is 0 Å². The van der Waals surface area contributed by atoms with Gasteiger partial charge in [0.05, 0.1) is 43.5 Å². The molecule has 0 radical (unpaired) electrons. The zero-order valence-electron chi connectivity index (χ0n) is 44.8. The number of hydrogen-bond acceptors (Lipinski definition) is 23. The molecule has 8 fully saturated rings. The molecule has 9 rings (SSSR count). The van der Waals surface area contributed by atoms with E-state index in [0.29, 0.717) is 44.9 Å². The van der Waals surface area contributed by atoms with Gasteiger partial charge in [0.2, 0.25) is 6.29 Å². The summed E-state index contributed by atoms with van der Waals surface area (Å²) in [6, 6.07) is 0. The van der Waals surface area contributed by atoms with Crippen LogP contribution >= 0.6 is 0 Å². The van der Waals surface area contributed by atoms with Crippen LogP contribution in [0.25, 0.3) is 0 Å². The number of esters is 1. The van der Waals surface area contributed by atoms with Crippen molar-refractivity contribution in [3.8, 4) is 0 Å². The van der Waals surface area contributed by atoms with Crippen LogP contribution in [0.2, 0.25) is 0 Å². The van der Waals surface area contributed by atoms with E-state index in [0.717, 1.165) is 12.0 Å². The molecule has 0 spiro atoms. The minimum Gasteiger partial charge on any atom is -0.479 e. The van der Waals surface area contributed by atoms with Crippen molar-refractivity contribution in [3.05, 3.63) is 11.6 Å². The lowest BCUT2D eigenvalue weighted by atomic mass is 9.33. The summed E-state index contributed by atoms with van der Waals surface area (Å²) in [5.74, 6) is -2.80. The summed E-state index contributed by atoms with van der Waals surface area (Å²) in [5, 5.41) is 151. The maximum absolute atomic E-state index is 14.2. The van der Waals surface area contributed by atoms with Gasteiger partial charge >= 0.3 is 11.9 Å². The Morgan fingerprint density at radius 3 is 1.95 bits per heavy atom. The molecule has 0 bridgehead atoms. The zero-order chi connectivity index (χ0) is 56.4. The first kappa shape index (κ1) is 59.5. The highest BCUT2D eigenvalue weighted by molar-refractivity contribution is 5.77. The molecule has 77 heavy (non-hydrogen) atoms. The molecule has 5 aliphatic carbocycles. The maximum atomic E-state index is 14.2. The number of rotatable bonds is 11. The monoisotopic (exact) mass is 1100 g/mol. The van der Waals surface area contributed by atoms with Crippen LogP contribution in [0.15, 0.2) is 11.6 Å². The number of aliphatic hydroxyl groups excluding tert-OH is 13. The van der Waals surface area contributed by atoms with Crippen LogP contribution in [-0.2, 0) is 47.5 Å². The summed E-state index contributed by atoms with van der Waals surface area (Å²) in [6.07, 6.45) is -27.3. The Kier molecular flexibility index (Phi) is 16.4. The summed E-state index contributed by atoms with van der Waals surface area (Å²) in [7, 11) is 0. The fourth-order valence-corrected chi connectivity index (χ4v) is 16.2. The molecule has 4 saturated heterocycles. The normalized spacial score (nSPS) is 55.9. The van der Waals surface area contributed by atoms with Crippen LogP contribution in [0.1, 0.15) is 106 Å². The molecule has 4 saturated carbocycles. The largest absolute Gasteiger partial charge is 0.479 e. The van der Waals surface area contributed by atoms with Crippen molar-refractivity contribution in [2.45, 2.75) is 235 Å². The summed E-state index contributed by atoms with van der Waals surface area (Å²) in [4.78, 5) is 26.8. The number of carboxylic acid groups (broad SMARTS) is 1. The third-order valence-corrected chi connectivity index (χ3v) is 21.5. The van der Waals surface area contributed by atoms with Crippen molar-refractivity contribution >= 4 is 11.9 Å². The Balaban J connectivity index is 0.961. The Bertz CT molecular complexity index is 2190. The number of aliphatic carboxylic acids is 1. The molecule has 0 unspecified atom stereocenters. The Morgan fingerprint density at radius 2 is 1.29 bits per heavy atom. The molecule has 4 aliphatic heterocycles. The molecule has 24 heteroatoms. The predicted molar refractivity (Wildman–Crippen MR) is 259 cm³/mol. The van der Waals surface area contributed by atoms with E-state index in [4.69, 9.17) is 37.9 Å². The number of aliphatic hydroxyl groups is 13. The van der Waals surface area contributed by atoms with E-state index >= 15 is 0 Å². The molecule has 440 valence electrons. The Morgan fingerprint density at radius 1 is 0.636 bits per heavy atom. The van der Waals surface area contributed by atoms with Crippen LogP contribution < -0.4 is 0 Å². The molecular formula is C53H84O24. The molecule has 4 heterocycles. The van der Waals surface area contributed by atoms with Gasteiger partial charge in [0.1, 0.15) is 79.4 Å². The van der Waals surface area contributed by atoms with Gasteiger partial charge in [-0.1, -0.05) is 46.3 Å². The third kappa shape index (κ3) is 9.46. The summed E-state index contributed by atoms with van der Waals surface area (Å²) < 4.78 is 47.3. The summed E-state index contributed by atoms with van der Waals surface area (Å²) in [6.45, 7) is 12.3. The second-order valence-corrected chi connectivity index (χ2v) is 25.7. The molecule has 0 aromatic heterocycles. The second-order valence-electron chi connectivity index (χ2n) is 25.7. The van der Waals surface area contributed by atoms with Crippen molar-refractivity contribution < 1.29 is 119 Å². The first-order valence-electron chi connectivity index (χ1n) is 27.4. The lowest BCUT2D eigenvalue weighted by Crippen LogP contribution is -2.68. The van der Waals surface area contributed by atoms with Crippen LogP contribution in [0.4, 0.5) is 0 Å². The molecule has 0 aromatic carbocycles. The number of ether oxygens (including phenoxy) is 8. The summed E-state index contributed by atoms with van der Waals surface area (Å²) >= 11 is 0. The molecule has 24 nitrogen and oxygen atoms in total. The van der Waals surface area contributed by atoms with Crippen LogP contribution in [0, 0.1) is 50.2 Å². The first-order valence-corrected chi connectivity index (χ1v) is 27.4. The minimum atomic E-state index is -2.08. The third-order valence-electron chi connectivity index (χ3n) is 21.5. The van der Waals surface area contributed by atoms with Gasteiger partial charge in [0, 0.05) is 10.8 Å². The van der Waals surface area contributed by atoms with Crippen LogP contribution in [0.3, 0.4) is 0 Å². The van der Waals surface area contributed by atoms with Crippen molar-refractivity contribution in [2.75, 3.05) is 19.8 Å². The standard InChI is InChI=1S/C53H84O24/c1-21-30(58)33(61)37(65)43(71-21)75-40-31(59)24(56)19-70-45(40)76-41-36(64)35(63)39(42(67)68)74-46(41)73-29-11-12-50(4)26(51(29,5)20-55)10-13-53(7)27(50)9-8-22-23-16-48(2,17-28(57)49(23,3)14-15-52(22,53)6)47(69)77-44-38(66)34(62)32(60)25(18-54)72-44/h8,21,23-41,43-46,54-66H,9-20H2,1-7H3,(H,67,68)/t21-,23-,24+,25+,26+,27+,28+,29-,30-,31-,32+,33+,34-,35-,36-,37+,38+,39-,40+,41+,43-,44-,45-,46+,48-,49+,50-,51+,52+,53+/m0/s1. The van der Waals surface area contributed by atoms with Gasteiger partial charge in [-0.05, 0) is 106 Å². The van der Waals surface area contributed by atoms with Gasteiger partial charge in [-0.15, -0.1) is 0 Å². The van der Waals surface area contributed by atoms with E-state index in [-0.39, 0.29) is 36.2 Å². The number of allylic oxidation sites excluding steroid dienone is 2. The quantitative estimate of drug-likeness (QED) is 0.0586. The highest BCUT2D eigenvalue weighted by atomic mass is 16.8. The molecule has 9 aliphatic rings. The molecular weight excluding hydrogens is 1020 g/mol. The average molecular weight is 1110 g/mol. The molecule has 30 atom stereocenters. The van der Waals surface area contributed by atoms with Gasteiger partial charge in [0.25, 0.3) is 0 Å². The smallest absolute Gasteiger partial charge is 0.335 e. The Labute approximate surface area is 446 Å². The van der Waals surface area contributed by atoms with Gasteiger partial charge in [-0.2, -0.15) is 0 Å². The van der Waals surface area contributed by atoms with E-state index in [1.165, 1.54) is 6.92 Å². The van der Waals surface area contributed by atoms with E-state index < -0.39 is 181 Å². The van der Waals surface area contributed by atoms with Gasteiger partial charge in [-0.3, -0.25) is 4.79 Å². The zero-order valence-corrected chi connectivity index (χ0v) is 44.8. The number of carboxylic acids is 1. The lowest BCUT2D eigenvalue weighted by Gasteiger charge is -2.71. The van der Waals surface area contributed by atoms with Crippen molar-refractivity contribution in [1.82, 2.24) is 0 Å². The highest BCUT2D eigenvalue weighted by Crippen LogP contribution is 2.76. The molecule has 0 aromatic rings. The minimum absolute atomic E-state index is 0.0475. The van der Waals surface area contributed by atoms with Gasteiger partial charge in [-0.25, -0.2) is 4.79 Å². The topological polar surface area (TPSA) is 391 Å². The fourth-order valence-electron chi connectivity index (χ4n) is 16.2. The average Bonchev–Trinajstić information content (AvgIpc) is 3.46. The number of carbonyl (C=O) groups excluding carboxylic acids is 1. The molecule has 14 N–H and O–H groups in total. The second kappa shape index (κ2) is 21.3. The van der Waals surface area contributed by atoms with E-state index in [1.807, 2.05) is 6.92 Å². The fraction of sp³-hybridized carbons (Fsp3) is 0.925. The van der Waals surface area contributed by atoms with E-state index in [2.05, 4.69) is 33.8 Å². The van der Waals surface area contributed by atoms with Crippen LogP contribution in [-0.4, -0.2) is 232 Å². The predicted octanol–water partition coefficient (Wildman–Crippen LogP) is -2.33. The maximum Gasteiger partial charge on any atom is 0.335 e. The number of hydrogen-bond donors (Lipinski definition) is 14.